The van der Waals surface area contributed by atoms with Crippen molar-refractivity contribution >= 4 is 34.0 Å². The number of nitrogens with zero attached hydrogens (tertiary/aromatic N) is 1. The normalized spacial score (nSPS) is 19.0. The Hall–Kier alpha value is -1.79. The summed E-state index contributed by atoms with van der Waals surface area (Å²) in [5.41, 5.74) is 1.56. The second-order valence-electron chi connectivity index (χ2n) is 6.53. The monoisotopic (exact) mass is 378 g/mol. The number of aromatic nitrogens is 1. The summed E-state index contributed by atoms with van der Waals surface area (Å²) in [6.07, 6.45) is 3.97. The van der Waals surface area contributed by atoms with Gasteiger partial charge in [0.15, 0.2) is 16.6 Å². The first kappa shape index (κ1) is 16.7. The van der Waals surface area contributed by atoms with Crippen LogP contribution in [0.3, 0.4) is 0 Å². The number of halogens is 1. The quantitative estimate of drug-likeness (QED) is 0.844. The molecule has 2 aliphatic rings. The minimum absolute atomic E-state index is 0.239. The van der Waals surface area contributed by atoms with Crippen molar-refractivity contribution in [3.63, 3.8) is 0 Å². The number of amides is 1. The molecule has 0 spiro atoms. The van der Waals surface area contributed by atoms with Crippen LogP contribution in [0.25, 0.3) is 0 Å². The third-order valence-electron chi connectivity index (χ3n) is 4.47. The Morgan fingerprint density at radius 3 is 3.08 bits per heavy atom. The molecule has 1 unspecified atom stereocenters. The number of rotatable bonds is 2. The molecule has 0 radical (unpaired) electrons. The predicted molar refractivity (Wildman–Crippen MR) is 98.3 cm³/mol. The smallest absolute Gasteiger partial charge is 0.257 e. The molecule has 1 atom stereocenters. The molecule has 5 nitrogen and oxygen atoms in total. The zero-order valence-corrected chi connectivity index (χ0v) is 15.5. The van der Waals surface area contributed by atoms with Crippen LogP contribution >= 0.6 is 22.9 Å². The van der Waals surface area contributed by atoms with Crippen molar-refractivity contribution in [1.82, 2.24) is 4.98 Å². The van der Waals surface area contributed by atoms with E-state index in [2.05, 4.69) is 17.2 Å². The topological polar surface area (TPSA) is 60.5 Å². The first-order valence-electron chi connectivity index (χ1n) is 8.49. The SMILES string of the molecule is CC1CCc2nc(NC(=O)c3cc(Cl)c4c(c3)OCCCO4)sc2C1. The van der Waals surface area contributed by atoms with Crippen molar-refractivity contribution in [2.45, 2.75) is 32.6 Å². The van der Waals surface area contributed by atoms with Crippen molar-refractivity contribution in [2.24, 2.45) is 5.92 Å². The number of nitrogens with one attached hydrogen (secondary N) is 1. The molecule has 1 N–H and O–H groups in total. The van der Waals surface area contributed by atoms with E-state index in [1.54, 1.807) is 23.5 Å². The van der Waals surface area contributed by atoms with Crippen molar-refractivity contribution < 1.29 is 14.3 Å². The predicted octanol–water partition coefficient (Wildman–Crippen LogP) is 4.33. The van der Waals surface area contributed by atoms with Crippen LogP contribution in [0.15, 0.2) is 12.1 Å². The zero-order valence-electron chi connectivity index (χ0n) is 13.9. The fourth-order valence-electron chi connectivity index (χ4n) is 3.12. The first-order chi connectivity index (χ1) is 12.1. The number of fused-ring (bicyclic) bond motifs is 2. The molecule has 0 saturated heterocycles. The summed E-state index contributed by atoms with van der Waals surface area (Å²) in [5, 5.41) is 3.92. The van der Waals surface area contributed by atoms with Crippen LogP contribution in [0.1, 0.15) is 40.7 Å². The van der Waals surface area contributed by atoms with Crippen molar-refractivity contribution in [1.29, 1.82) is 0 Å². The molecule has 2 aromatic rings. The lowest BCUT2D eigenvalue weighted by molar-refractivity contribution is 0.102. The highest BCUT2D eigenvalue weighted by atomic mass is 35.5. The van der Waals surface area contributed by atoms with Gasteiger partial charge in [0.05, 0.1) is 23.9 Å². The van der Waals surface area contributed by atoms with E-state index in [0.29, 0.717) is 46.3 Å². The number of carbonyl (C=O) groups excluding carboxylic acids is 1. The third-order valence-corrected chi connectivity index (χ3v) is 5.79. The highest BCUT2D eigenvalue weighted by Crippen LogP contribution is 2.38. The molecule has 0 bridgehead atoms. The fourth-order valence-corrected chi connectivity index (χ4v) is 4.56. The number of benzene rings is 1. The van der Waals surface area contributed by atoms with Crippen LogP contribution < -0.4 is 14.8 Å². The second kappa shape index (κ2) is 6.84. The van der Waals surface area contributed by atoms with E-state index >= 15 is 0 Å². The molecular formula is C18H19ClN2O3S. The van der Waals surface area contributed by atoms with Crippen LogP contribution in [0.4, 0.5) is 5.13 Å². The van der Waals surface area contributed by atoms with Gasteiger partial charge in [0.2, 0.25) is 0 Å². The van der Waals surface area contributed by atoms with E-state index in [4.69, 9.17) is 21.1 Å². The number of hydrogen-bond donors (Lipinski definition) is 1. The standard InChI is InChI=1S/C18H19ClN2O3S/c1-10-3-4-13-15(7-10)25-18(20-13)21-17(22)11-8-12(19)16-14(9-11)23-5-2-6-24-16/h8-10H,2-7H2,1H3,(H,20,21,22). The maximum absolute atomic E-state index is 12.6. The molecule has 1 aliphatic heterocycles. The number of anilines is 1. The average molecular weight is 379 g/mol. The van der Waals surface area contributed by atoms with Gasteiger partial charge < -0.3 is 9.47 Å². The molecule has 4 rings (SSSR count). The van der Waals surface area contributed by atoms with E-state index in [9.17, 15) is 4.79 Å². The fraction of sp³-hybridized carbons (Fsp3) is 0.444. The molecule has 7 heteroatoms. The van der Waals surface area contributed by atoms with Gasteiger partial charge in [-0.1, -0.05) is 18.5 Å². The van der Waals surface area contributed by atoms with E-state index in [1.165, 1.54) is 4.88 Å². The Balaban J connectivity index is 1.55. The van der Waals surface area contributed by atoms with Gasteiger partial charge in [0.25, 0.3) is 5.91 Å². The highest BCUT2D eigenvalue weighted by molar-refractivity contribution is 7.15. The number of carbonyl (C=O) groups is 1. The number of aryl methyl sites for hydroxylation is 1. The lowest BCUT2D eigenvalue weighted by Gasteiger charge is -2.15. The summed E-state index contributed by atoms with van der Waals surface area (Å²) >= 11 is 7.83. The highest BCUT2D eigenvalue weighted by Gasteiger charge is 2.22. The van der Waals surface area contributed by atoms with Gasteiger partial charge in [0, 0.05) is 16.9 Å². The Morgan fingerprint density at radius 2 is 2.20 bits per heavy atom. The van der Waals surface area contributed by atoms with E-state index in [0.717, 1.165) is 31.4 Å². The Kier molecular flexibility index (Phi) is 4.56. The number of ether oxygens (including phenoxy) is 2. The first-order valence-corrected chi connectivity index (χ1v) is 9.68. The van der Waals surface area contributed by atoms with Crippen molar-refractivity contribution in [3.8, 4) is 11.5 Å². The minimum Gasteiger partial charge on any atom is -0.489 e. The van der Waals surface area contributed by atoms with Crippen LogP contribution in [-0.4, -0.2) is 24.1 Å². The Labute approximate surface area is 155 Å². The maximum Gasteiger partial charge on any atom is 0.257 e. The van der Waals surface area contributed by atoms with E-state index in [1.807, 2.05) is 0 Å². The summed E-state index contributed by atoms with van der Waals surface area (Å²) in [4.78, 5) is 18.5. The van der Waals surface area contributed by atoms with Crippen LogP contribution in [0, 0.1) is 5.92 Å². The second-order valence-corrected chi connectivity index (χ2v) is 8.02. The van der Waals surface area contributed by atoms with Crippen LogP contribution in [0.2, 0.25) is 5.02 Å². The molecule has 1 aliphatic carbocycles. The van der Waals surface area contributed by atoms with Gasteiger partial charge in [-0.25, -0.2) is 4.98 Å². The summed E-state index contributed by atoms with van der Waals surface area (Å²) in [5.74, 6) is 1.46. The molecule has 25 heavy (non-hydrogen) atoms. The number of hydrogen-bond acceptors (Lipinski definition) is 5. The van der Waals surface area contributed by atoms with Gasteiger partial charge in [-0.15, -0.1) is 11.3 Å². The molecule has 2 heterocycles. The third kappa shape index (κ3) is 3.46. The summed E-state index contributed by atoms with van der Waals surface area (Å²) in [6.45, 7) is 3.35. The molecular weight excluding hydrogens is 360 g/mol. The van der Waals surface area contributed by atoms with E-state index in [-0.39, 0.29) is 5.91 Å². The molecule has 1 aromatic heterocycles. The molecule has 132 valence electrons. The van der Waals surface area contributed by atoms with Crippen molar-refractivity contribution in [2.75, 3.05) is 18.5 Å². The average Bonchev–Trinajstić information content (AvgIpc) is 2.81. The zero-order chi connectivity index (χ0) is 17.4. The van der Waals surface area contributed by atoms with E-state index < -0.39 is 0 Å². The van der Waals surface area contributed by atoms with Crippen LogP contribution in [-0.2, 0) is 12.8 Å². The van der Waals surface area contributed by atoms with Gasteiger partial charge in [-0.3, -0.25) is 10.1 Å². The van der Waals surface area contributed by atoms with Gasteiger partial charge >= 0.3 is 0 Å². The van der Waals surface area contributed by atoms with Gasteiger partial charge in [-0.05, 0) is 37.3 Å². The Morgan fingerprint density at radius 1 is 1.36 bits per heavy atom. The van der Waals surface area contributed by atoms with Crippen LogP contribution in [0.5, 0.6) is 11.5 Å². The molecule has 0 fully saturated rings. The molecule has 1 amide bonds. The Bertz CT molecular complexity index is 821. The lowest BCUT2D eigenvalue weighted by Crippen LogP contribution is -2.12. The number of thiazole rings is 1. The largest absolute Gasteiger partial charge is 0.489 e. The molecule has 0 saturated carbocycles. The summed E-state index contributed by atoms with van der Waals surface area (Å²) in [7, 11) is 0. The maximum atomic E-state index is 12.6. The lowest BCUT2D eigenvalue weighted by atomic mass is 9.93. The summed E-state index contributed by atoms with van der Waals surface area (Å²) < 4.78 is 11.2. The summed E-state index contributed by atoms with van der Waals surface area (Å²) in [6, 6.07) is 3.29. The van der Waals surface area contributed by atoms with Gasteiger partial charge in [0.1, 0.15) is 0 Å². The molecule has 1 aromatic carbocycles. The van der Waals surface area contributed by atoms with Gasteiger partial charge in [-0.2, -0.15) is 0 Å². The van der Waals surface area contributed by atoms with Crippen molar-refractivity contribution in [3.05, 3.63) is 33.3 Å². The minimum atomic E-state index is -0.239.